The van der Waals surface area contributed by atoms with Gasteiger partial charge in [0, 0.05) is 30.1 Å². The lowest BCUT2D eigenvalue weighted by atomic mass is 9.97. The Morgan fingerprint density at radius 2 is 2.03 bits per heavy atom. The van der Waals surface area contributed by atoms with E-state index in [1.165, 1.54) is 6.07 Å². The summed E-state index contributed by atoms with van der Waals surface area (Å²) >= 11 is 7.73. The van der Waals surface area contributed by atoms with E-state index in [1.54, 1.807) is 29.5 Å². The minimum absolute atomic E-state index is 0.0325. The second-order valence-corrected chi connectivity index (χ2v) is 8.45. The van der Waals surface area contributed by atoms with Crippen molar-refractivity contribution in [3.05, 3.63) is 62.6 Å². The summed E-state index contributed by atoms with van der Waals surface area (Å²) in [5.41, 5.74) is 1.24. The molecule has 1 aliphatic rings. The minimum Gasteiger partial charge on any atom is -0.371 e. The van der Waals surface area contributed by atoms with Gasteiger partial charge in [-0.25, -0.2) is 4.98 Å². The summed E-state index contributed by atoms with van der Waals surface area (Å²) in [4.78, 5) is 29.7. The third kappa shape index (κ3) is 4.33. The van der Waals surface area contributed by atoms with Crippen molar-refractivity contribution >= 4 is 50.4 Å². The third-order valence-electron chi connectivity index (χ3n) is 5.09. The Bertz CT molecular complexity index is 1060. The van der Waals surface area contributed by atoms with Crippen LogP contribution in [0.1, 0.15) is 23.8 Å². The first kappa shape index (κ1) is 19.6. The van der Waals surface area contributed by atoms with E-state index >= 15 is 0 Å². The van der Waals surface area contributed by atoms with Crippen molar-refractivity contribution in [3.63, 3.8) is 0 Å². The van der Waals surface area contributed by atoms with Gasteiger partial charge in [-0.05, 0) is 37.1 Å². The van der Waals surface area contributed by atoms with E-state index in [0.717, 1.165) is 28.1 Å². The van der Waals surface area contributed by atoms with E-state index in [-0.39, 0.29) is 18.1 Å². The lowest BCUT2D eigenvalue weighted by Gasteiger charge is -2.31. The van der Waals surface area contributed by atoms with Crippen molar-refractivity contribution in [3.8, 4) is 0 Å². The predicted octanol–water partition coefficient (Wildman–Crippen LogP) is 4.68. The summed E-state index contributed by atoms with van der Waals surface area (Å²) in [7, 11) is 0. The maximum Gasteiger partial charge on any atom is 0.292 e. The van der Waals surface area contributed by atoms with Gasteiger partial charge in [-0.2, -0.15) is 0 Å². The number of nitrogens with zero attached hydrogens (tertiary/aromatic N) is 3. The Hall–Kier alpha value is -2.71. The number of thiazole rings is 1. The number of nitrogens with one attached hydrogen (secondary N) is 1. The number of carbonyl (C=O) groups is 1. The molecule has 0 unspecified atom stereocenters. The van der Waals surface area contributed by atoms with E-state index in [2.05, 4.69) is 5.32 Å². The number of rotatable bonds is 5. The molecule has 0 radical (unpaired) electrons. The van der Waals surface area contributed by atoms with E-state index in [9.17, 15) is 14.9 Å². The topological polar surface area (TPSA) is 88.4 Å². The molecule has 1 N–H and O–H groups in total. The first-order valence-corrected chi connectivity index (χ1v) is 10.5. The molecule has 150 valence electrons. The molecule has 1 aliphatic heterocycles. The number of hydrogen-bond acceptors (Lipinski definition) is 6. The van der Waals surface area contributed by atoms with Crippen molar-refractivity contribution < 1.29 is 9.72 Å². The first-order chi connectivity index (χ1) is 14.0. The molecular formula is C20H19ClN4O3S. The second kappa shape index (κ2) is 8.34. The normalized spacial score (nSPS) is 14.9. The van der Waals surface area contributed by atoms with Crippen LogP contribution in [0.5, 0.6) is 0 Å². The number of fused-ring (bicyclic) bond motifs is 1. The molecule has 0 spiro atoms. The molecule has 1 amide bonds. The van der Waals surface area contributed by atoms with Crippen LogP contribution in [0.2, 0.25) is 5.02 Å². The zero-order chi connectivity index (χ0) is 20.4. The van der Waals surface area contributed by atoms with Crippen LogP contribution in [0.25, 0.3) is 10.2 Å². The Kier molecular flexibility index (Phi) is 5.64. The monoisotopic (exact) mass is 430 g/mol. The SMILES string of the molecule is O=C(CNc1ccccc1[N+](=O)[O-])N1CCC(c2nc3cc(Cl)ccc3s2)CC1. The summed E-state index contributed by atoms with van der Waals surface area (Å²) in [6.45, 7) is 1.34. The van der Waals surface area contributed by atoms with Gasteiger partial charge in [0.2, 0.25) is 5.91 Å². The zero-order valence-corrected chi connectivity index (χ0v) is 17.1. The van der Waals surface area contributed by atoms with Gasteiger partial charge in [0.25, 0.3) is 5.69 Å². The number of aromatic nitrogens is 1. The number of hydrogen-bond donors (Lipinski definition) is 1. The number of halogens is 1. The second-order valence-electron chi connectivity index (χ2n) is 6.95. The highest BCUT2D eigenvalue weighted by Crippen LogP contribution is 2.34. The lowest BCUT2D eigenvalue weighted by Crippen LogP contribution is -2.40. The molecule has 2 heterocycles. The Labute approximate surface area is 176 Å². The number of nitro groups is 1. The van der Waals surface area contributed by atoms with Gasteiger partial charge in [0.05, 0.1) is 26.7 Å². The standard InChI is InChI=1S/C20H19ClN4O3S/c21-14-5-6-18-16(11-14)23-20(29-18)13-7-9-24(10-8-13)19(26)12-22-15-3-1-2-4-17(15)25(27)28/h1-6,11,13,22H,7-10,12H2. The summed E-state index contributed by atoms with van der Waals surface area (Å²) in [5, 5.41) is 15.8. The number of anilines is 1. The van der Waals surface area contributed by atoms with Crippen molar-refractivity contribution in [2.24, 2.45) is 0 Å². The molecular weight excluding hydrogens is 412 g/mol. The molecule has 4 rings (SSSR count). The highest BCUT2D eigenvalue weighted by atomic mass is 35.5. The van der Waals surface area contributed by atoms with Crippen LogP contribution in [0.4, 0.5) is 11.4 Å². The molecule has 1 fully saturated rings. The fourth-order valence-corrected chi connectivity index (χ4v) is 4.82. The first-order valence-electron chi connectivity index (χ1n) is 9.32. The average molecular weight is 431 g/mol. The van der Waals surface area contributed by atoms with Gasteiger partial charge in [0.15, 0.2) is 0 Å². The highest BCUT2D eigenvalue weighted by molar-refractivity contribution is 7.18. The maximum absolute atomic E-state index is 12.5. The number of likely N-dealkylation sites (tertiary alicyclic amines) is 1. The summed E-state index contributed by atoms with van der Waals surface area (Å²) in [5.74, 6) is 0.274. The van der Waals surface area contributed by atoms with Gasteiger partial charge in [0.1, 0.15) is 5.69 Å². The molecule has 1 aromatic heterocycles. The van der Waals surface area contributed by atoms with Crippen LogP contribution in [-0.4, -0.2) is 40.3 Å². The predicted molar refractivity (Wildman–Crippen MR) is 115 cm³/mol. The number of nitro benzene ring substituents is 1. The number of benzene rings is 2. The summed E-state index contributed by atoms with van der Waals surface area (Å²) < 4.78 is 1.12. The molecule has 1 saturated heterocycles. The van der Waals surface area contributed by atoms with Gasteiger partial charge in [-0.15, -0.1) is 11.3 Å². The molecule has 9 heteroatoms. The van der Waals surface area contributed by atoms with Crippen LogP contribution in [-0.2, 0) is 4.79 Å². The van der Waals surface area contributed by atoms with Gasteiger partial charge in [-0.3, -0.25) is 14.9 Å². The van der Waals surface area contributed by atoms with E-state index in [4.69, 9.17) is 16.6 Å². The lowest BCUT2D eigenvalue weighted by molar-refractivity contribution is -0.383. The molecule has 0 saturated carbocycles. The molecule has 7 nitrogen and oxygen atoms in total. The van der Waals surface area contributed by atoms with Crippen molar-refractivity contribution in [2.75, 3.05) is 25.0 Å². The van der Waals surface area contributed by atoms with Crippen molar-refractivity contribution in [1.82, 2.24) is 9.88 Å². The maximum atomic E-state index is 12.5. The molecule has 0 atom stereocenters. The van der Waals surface area contributed by atoms with Crippen LogP contribution >= 0.6 is 22.9 Å². The van der Waals surface area contributed by atoms with E-state index < -0.39 is 4.92 Å². The summed E-state index contributed by atoms with van der Waals surface area (Å²) in [6, 6.07) is 12.1. The van der Waals surface area contributed by atoms with Crippen LogP contribution in [0.3, 0.4) is 0 Å². The van der Waals surface area contributed by atoms with Crippen LogP contribution in [0, 0.1) is 10.1 Å². The highest BCUT2D eigenvalue weighted by Gasteiger charge is 2.26. The number of piperidine rings is 1. The van der Waals surface area contributed by atoms with E-state index in [0.29, 0.717) is 29.7 Å². The summed E-state index contributed by atoms with van der Waals surface area (Å²) in [6.07, 6.45) is 1.70. The minimum atomic E-state index is -0.455. The Balaban J connectivity index is 1.34. The number of amides is 1. The third-order valence-corrected chi connectivity index (χ3v) is 6.53. The number of para-hydroxylation sites is 2. The van der Waals surface area contributed by atoms with Crippen LogP contribution in [0.15, 0.2) is 42.5 Å². The molecule has 3 aromatic rings. The average Bonchev–Trinajstić information content (AvgIpc) is 3.15. The van der Waals surface area contributed by atoms with Gasteiger partial charge < -0.3 is 10.2 Å². The molecule has 0 bridgehead atoms. The van der Waals surface area contributed by atoms with Crippen molar-refractivity contribution in [1.29, 1.82) is 0 Å². The molecule has 0 aliphatic carbocycles. The Morgan fingerprint density at radius 1 is 1.28 bits per heavy atom. The smallest absolute Gasteiger partial charge is 0.292 e. The fraction of sp³-hybridized carbons (Fsp3) is 0.300. The van der Waals surface area contributed by atoms with Crippen LogP contribution < -0.4 is 5.32 Å². The largest absolute Gasteiger partial charge is 0.371 e. The van der Waals surface area contributed by atoms with E-state index in [1.807, 2.05) is 23.1 Å². The number of carbonyl (C=O) groups excluding carboxylic acids is 1. The molecule has 2 aromatic carbocycles. The Morgan fingerprint density at radius 3 is 2.79 bits per heavy atom. The van der Waals surface area contributed by atoms with Gasteiger partial charge >= 0.3 is 0 Å². The van der Waals surface area contributed by atoms with Gasteiger partial charge in [-0.1, -0.05) is 23.7 Å². The van der Waals surface area contributed by atoms with Crippen molar-refractivity contribution in [2.45, 2.75) is 18.8 Å². The zero-order valence-electron chi connectivity index (χ0n) is 15.5. The fourth-order valence-electron chi connectivity index (χ4n) is 3.53. The quantitative estimate of drug-likeness (QED) is 0.469. The molecule has 29 heavy (non-hydrogen) atoms.